The van der Waals surface area contributed by atoms with Crippen molar-refractivity contribution in [3.05, 3.63) is 72.9 Å². The third-order valence-electron chi connectivity index (χ3n) is 15.4. The Hall–Kier alpha value is -2.90. The van der Waals surface area contributed by atoms with Crippen molar-refractivity contribution in [3.8, 4) is 0 Å². The van der Waals surface area contributed by atoms with Gasteiger partial charge in [0.15, 0.2) is 12.4 Å². The lowest BCUT2D eigenvalue weighted by atomic mass is 9.99. The molecule has 1 rings (SSSR count). The average Bonchev–Trinajstić information content (AvgIpc) is 3.48. The summed E-state index contributed by atoms with van der Waals surface area (Å²) in [6.07, 6.45) is 62.2. The van der Waals surface area contributed by atoms with Gasteiger partial charge in [-0.25, -0.2) is 0 Å². The zero-order valence-electron chi connectivity index (χ0n) is 51.4. The molecule has 0 aromatic heterocycles. The molecule has 1 amide bonds. The number of esters is 1. The number of carbonyl (C=O) groups excluding carboxylic acids is 2. The second-order valence-corrected chi connectivity index (χ2v) is 22.8. The molecule has 0 bridgehead atoms. The maximum atomic E-state index is 13.5. The second-order valence-electron chi connectivity index (χ2n) is 22.8. The Morgan fingerprint density at radius 1 is 0.500 bits per heavy atom. The number of amides is 1. The van der Waals surface area contributed by atoms with Crippen molar-refractivity contribution in [2.45, 2.75) is 339 Å². The quantitative estimate of drug-likeness (QED) is 0.0195. The average molecular weight is 1130 g/mol. The highest BCUT2D eigenvalue weighted by Gasteiger charge is 2.47. The Balaban J connectivity index is 2.64. The van der Waals surface area contributed by atoms with Crippen molar-refractivity contribution >= 4 is 11.9 Å². The number of ether oxygens (including phenoxy) is 3. The molecule has 464 valence electrons. The monoisotopic (exact) mass is 1130 g/mol. The van der Waals surface area contributed by atoms with E-state index in [1.54, 1.807) is 6.08 Å². The number of hydrogen-bond acceptors (Lipinski definition) is 10. The van der Waals surface area contributed by atoms with Gasteiger partial charge < -0.3 is 45.1 Å². The van der Waals surface area contributed by atoms with Crippen LogP contribution in [0, 0.1) is 0 Å². The maximum absolute atomic E-state index is 13.5. The predicted molar refractivity (Wildman–Crippen MR) is 333 cm³/mol. The summed E-state index contributed by atoms with van der Waals surface area (Å²) in [5, 5.41) is 57.1. The Kier molecular flexibility index (Phi) is 53.1. The molecule has 1 saturated heterocycles. The third kappa shape index (κ3) is 43.7. The summed E-state index contributed by atoms with van der Waals surface area (Å²) < 4.78 is 17.7. The molecule has 0 aliphatic carbocycles. The van der Waals surface area contributed by atoms with Crippen molar-refractivity contribution in [1.82, 2.24) is 5.32 Å². The minimum Gasteiger partial charge on any atom is -0.454 e. The molecule has 6 N–H and O–H groups in total. The Morgan fingerprint density at radius 3 is 1.35 bits per heavy atom. The molecule has 1 heterocycles. The number of hydrogen-bond donors (Lipinski definition) is 6. The van der Waals surface area contributed by atoms with Crippen molar-refractivity contribution in [2.24, 2.45) is 0 Å². The molecule has 11 heteroatoms. The topological polar surface area (TPSA) is 175 Å². The van der Waals surface area contributed by atoms with Crippen molar-refractivity contribution in [1.29, 1.82) is 0 Å². The normalized spacial score (nSPS) is 19.2. The van der Waals surface area contributed by atoms with Crippen LogP contribution in [0.5, 0.6) is 0 Å². The Labute approximate surface area is 490 Å². The van der Waals surface area contributed by atoms with Gasteiger partial charge in [-0.1, -0.05) is 286 Å². The first kappa shape index (κ1) is 75.1. The van der Waals surface area contributed by atoms with Crippen LogP contribution in [0.3, 0.4) is 0 Å². The molecule has 1 aliphatic rings. The van der Waals surface area contributed by atoms with Crippen molar-refractivity contribution in [2.75, 3.05) is 13.2 Å². The van der Waals surface area contributed by atoms with E-state index in [9.17, 15) is 35.1 Å². The number of aliphatic hydroxyl groups is 5. The number of rotatable bonds is 56. The second kappa shape index (κ2) is 56.6. The smallest absolute Gasteiger partial charge is 0.306 e. The summed E-state index contributed by atoms with van der Waals surface area (Å²) in [6, 6.07) is -1.03. The van der Waals surface area contributed by atoms with Crippen LogP contribution in [0.15, 0.2) is 72.9 Å². The SMILES string of the molecule is CC/C=C\C/C=C\C/C=C\C/C=C\C/C=C\CCCCCCCCC(O)C(=O)NC(COC1OC(CO)C(O)C(O)C1OC(=O)CCCCCCCCCCCCCCCCCCC)C(O)/C=C/CCCCCCCCCCCC. The summed E-state index contributed by atoms with van der Waals surface area (Å²) in [5.41, 5.74) is 0. The highest BCUT2D eigenvalue weighted by atomic mass is 16.7. The molecule has 0 aromatic carbocycles. The van der Waals surface area contributed by atoms with Crippen LogP contribution in [0.25, 0.3) is 0 Å². The molecular weight excluding hydrogens is 1000 g/mol. The van der Waals surface area contributed by atoms with E-state index in [0.717, 1.165) is 109 Å². The molecule has 0 saturated carbocycles. The number of allylic oxidation sites excluding steroid dienone is 11. The zero-order valence-corrected chi connectivity index (χ0v) is 51.4. The molecule has 8 unspecified atom stereocenters. The van der Waals surface area contributed by atoms with E-state index >= 15 is 0 Å². The van der Waals surface area contributed by atoms with Crippen LogP contribution < -0.4 is 5.32 Å². The summed E-state index contributed by atoms with van der Waals surface area (Å²) in [5.74, 6) is -1.20. The molecule has 0 radical (unpaired) electrons. The van der Waals surface area contributed by atoms with Gasteiger partial charge in [-0.2, -0.15) is 0 Å². The van der Waals surface area contributed by atoms with Crippen LogP contribution >= 0.6 is 0 Å². The van der Waals surface area contributed by atoms with Gasteiger partial charge in [-0.3, -0.25) is 9.59 Å². The van der Waals surface area contributed by atoms with Gasteiger partial charge in [0, 0.05) is 6.42 Å². The number of aliphatic hydroxyl groups excluding tert-OH is 5. The van der Waals surface area contributed by atoms with Gasteiger partial charge >= 0.3 is 5.97 Å². The van der Waals surface area contributed by atoms with Crippen LogP contribution in [0.2, 0.25) is 0 Å². The lowest BCUT2D eigenvalue weighted by molar-refractivity contribution is -0.305. The summed E-state index contributed by atoms with van der Waals surface area (Å²) in [6.45, 7) is 5.69. The van der Waals surface area contributed by atoms with E-state index in [0.29, 0.717) is 12.8 Å². The first-order valence-electron chi connectivity index (χ1n) is 33.2. The predicted octanol–water partition coefficient (Wildman–Crippen LogP) is 16.3. The van der Waals surface area contributed by atoms with Gasteiger partial charge in [0.25, 0.3) is 0 Å². The maximum Gasteiger partial charge on any atom is 0.306 e. The van der Waals surface area contributed by atoms with E-state index in [1.807, 2.05) is 6.08 Å². The minimum atomic E-state index is -1.62. The molecule has 1 fully saturated rings. The number of unbranched alkanes of at least 4 members (excludes halogenated alkanes) is 32. The molecule has 80 heavy (non-hydrogen) atoms. The molecule has 8 atom stereocenters. The zero-order chi connectivity index (χ0) is 58.2. The van der Waals surface area contributed by atoms with E-state index in [1.165, 1.54) is 135 Å². The fraction of sp³-hybridized carbons (Fsp3) is 0.797. The van der Waals surface area contributed by atoms with Crippen LogP contribution in [-0.4, -0.2) is 99.6 Å². The first-order chi connectivity index (χ1) is 39.2. The fourth-order valence-corrected chi connectivity index (χ4v) is 10.1. The third-order valence-corrected chi connectivity index (χ3v) is 15.4. The first-order valence-corrected chi connectivity index (χ1v) is 33.2. The van der Waals surface area contributed by atoms with Crippen LogP contribution in [-0.2, 0) is 23.8 Å². The molecular formula is C69H123NO10. The molecule has 11 nitrogen and oxygen atoms in total. The summed E-state index contributed by atoms with van der Waals surface area (Å²) >= 11 is 0. The van der Waals surface area contributed by atoms with E-state index in [-0.39, 0.29) is 19.4 Å². The van der Waals surface area contributed by atoms with Gasteiger partial charge in [-0.05, 0) is 70.6 Å². The van der Waals surface area contributed by atoms with Gasteiger partial charge in [0.2, 0.25) is 5.91 Å². The summed E-state index contributed by atoms with van der Waals surface area (Å²) in [4.78, 5) is 26.6. The van der Waals surface area contributed by atoms with Crippen molar-refractivity contribution in [3.63, 3.8) is 0 Å². The van der Waals surface area contributed by atoms with Crippen LogP contribution in [0.1, 0.15) is 290 Å². The Morgan fingerprint density at radius 2 is 0.900 bits per heavy atom. The van der Waals surface area contributed by atoms with Gasteiger partial charge in [0.1, 0.15) is 24.4 Å². The van der Waals surface area contributed by atoms with Gasteiger partial charge in [-0.15, -0.1) is 0 Å². The number of carbonyl (C=O) groups is 2. The van der Waals surface area contributed by atoms with Crippen molar-refractivity contribution < 1.29 is 49.3 Å². The molecule has 1 aliphatic heterocycles. The standard InChI is InChI=1S/C69H123NO10/c1-4-7-10-13-16-19-22-25-27-29-30-31-32-33-35-36-38-41-44-47-50-53-56-62(73)68(77)70-60(61(72)55-52-49-46-43-40-24-21-18-15-12-9-6-3)59-78-69-67(66(76)65(75)63(58-71)79-69)80-64(74)57-54-51-48-45-42-39-37-34-28-26-23-20-17-14-11-8-5-2/h7,10,16,19,25,27,30-31,33,35,52,55,60-63,65-67,69,71-73,75-76H,4-6,8-9,11-15,17-18,20-24,26,28-29,32,34,36-51,53-54,56-59H2,1-3H3,(H,70,77)/b10-7-,19-16-,27-25-,31-30-,35-33-,55-52+. The lowest BCUT2D eigenvalue weighted by Crippen LogP contribution is -2.61. The highest BCUT2D eigenvalue weighted by molar-refractivity contribution is 5.80. The number of nitrogens with one attached hydrogen (secondary N) is 1. The fourth-order valence-electron chi connectivity index (χ4n) is 10.1. The minimum absolute atomic E-state index is 0.124. The highest BCUT2D eigenvalue weighted by Crippen LogP contribution is 2.26. The van der Waals surface area contributed by atoms with E-state index < -0.39 is 67.4 Å². The largest absolute Gasteiger partial charge is 0.454 e. The summed E-state index contributed by atoms with van der Waals surface area (Å²) in [7, 11) is 0. The Bertz CT molecular complexity index is 1580. The van der Waals surface area contributed by atoms with E-state index in [4.69, 9.17) is 14.2 Å². The van der Waals surface area contributed by atoms with E-state index in [2.05, 4.69) is 86.8 Å². The van der Waals surface area contributed by atoms with Gasteiger partial charge in [0.05, 0.1) is 25.4 Å². The molecule has 0 spiro atoms. The lowest BCUT2D eigenvalue weighted by Gasteiger charge is -2.41. The molecule has 0 aromatic rings. The van der Waals surface area contributed by atoms with Crippen LogP contribution in [0.4, 0.5) is 0 Å².